The maximum absolute atomic E-state index is 5.77. The Hall–Kier alpha value is -0.970. The fraction of sp³-hybridized carbons (Fsp3) is 0.615. The monoisotopic (exact) mass is 235 g/mol. The molecule has 1 fully saturated rings. The topological polar surface area (TPSA) is 37.4 Å². The van der Waals surface area contributed by atoms with E-state index in [2.05, 4.69) is 35.4 Å². The van der Waals surface area contributed by atoms with Crippen molar-refractivity contribution in [1.82, 2.24) is 15.2 Å². The summed E-state index contributed by atoms with van der Waals surface area (Å²) in [7, 11) is 4.21. The lowest BCUT2D eigenvalue weighted by molar-refractivity contribution is 0.00891. The Morgan fingerprint density at radius 2 is 2.47 bits per heavy atom. The zero-order valence-corrected chi connectivity index (χ0v) is 10.6. The Morgan fingerprint density at radius 3 is 3.06 bits per heavy atom. The van der Waals surface area contributed by atoms with Gasteiger partial charge in [-0.05, 0) is 32.1 Å². The summed E-state index contributed by atoms with van der Waals surface area (Å²) in [6, 6.07) is 4.49. The predicted molar refractivity (Wildman–Crippen MR) is 67.9 cm³/mol. The lowest BCUT2D eigenvalue weighted by Gasteiger charge is -2.31. The molecule has 1 saturated heterocycles. The zero-order valence-electron chi connectivity index (χ0n) is 10.6. The Balaban J connectivity index is 2.02. The van der Waals surface area contributed by atoms with Crippen LogP contribution >= 0.6 is 0 Å². The lowest BCUT2D eigenvalue weighted by Crippen LogP contribution is -2.40. The first-order valence-corrected chi connectivity index (χ1v) is 6.16. The molecule has 2 heterocycles. The number of ether oxygens (including phenoxy) is 1. The summed E-state index contributed by atoms with van der Waals surface area (Å²) in [6.07, 6.45) is 5.07. The maximum Gasteiger partial charge on any atom is 0.0718 e. The first kappa shape index (κ1) is 12.5. The van der Waals surface area contributed by atoms with Crippen molar-refractivity contribution in [1.29, 1.82) is 0 Å². The van der Waals surface area contributed by atoms with Crippen LogP contribution in [0.1, 0.15) is 18.0 Å². The summed E-state index contributed by atoms with van der Waals surface area (Å²) < 4.78 is 5.77. The number of rotatable bonds is 4. The van der Waals surface area contributed by atoms with Gasteiger partial charge in [-0.2, -0.15) is 0 Å². The van der Waals surface area contributed by atoms with Gasteiger partial charge in [0.2, 0.25) is 0 Å². The minimum Gasteiger partial charge on any atom is -0.376 e. The van der Waals surface area contributed by atoms with Gasteiger partial charge < -0.3 is 15.0 Å². The van der Waals surface area contributed by atoms with Crippen molar-refractivity contribution in [3.63, 3.8) is 0 Å². The van der Waals surface area contributed by atoms with Crippen LogP contribution in [-0.2, 0) is 4.74 Å². The van der Waals surface area contributed by atoms with E-state index in [1.165, 1.54) is 5.56 Å². The molecule has 2 atom stereocenters. The van der Waals surface area contributed by atoms with Crippen LogP contribution in [0.4, 0.5) is 0 Å². The molecule has 0 amide bonds. The van der Waals surface area contributed by atoms with Gasteiger partial charge >= 0.3 is 0 Å². The van der Waals surface area contributed by atoms with Crippen LogP contribution in [0.5, 0.6) is 0 Å². The van der Waals surface area contributed by atoms with Gasteiger partial charge in [-0.25, -0.2) is 0 Å². The van der Waals surface area contributed by atoms with E-state index in [4.69, 9.17) is 4.74 Å². The molecule has 1 aliphatic heterocycles. The zero-order chi connectivity index (χ0) is 12.1. The number of hydrogen-bond donors (Lipinski definition) is 1. The second kappa shape index (κ2) is 6.10. The highest BCUT2D eigenvalue weighted by atomic mass is 16.5. The summed E-state index contributed by atoms with van der Waals surface area (Å²) in [4.78, 5) is 6.43. The van der Waals surface area contributed by atoms with Crippen LogP contribution in [0.3, 0.4) is 0 Å². The Kier molecular flexibility index (Phi) is 4.48. The molecule has 4 heteroatoms. The second-order valence-electron chi connectivity index (χ2n) is 4.70. The van der Waals surface area contributed by atoms with Crippen LogP contribution in [-0.4, -0.2) is 49.8 Å². The molecule has 0 aliphatic carbocycles. The molecule has 94 valence electrons. The summed E-state index contributed by atoms with van der Waals surface area (Å²) in [5, 5.41) is 3.37. The number of aromatic nitrogens is 1. The van der Waals surface area contributed by atoms with E-state index in [1.54, 1.807) is 0 Å². The highest BCUT2D eigenvalue weighted by Gasteiger charge is 2.22. The van der Waals surface area contributed by atoms with E-state index >= 15 is 0 Å². The predicted octanol–water partition coefficient (Wildman–Crippen LogP) is 1.06. The third-order valence-corrected chi connectivity index (χ3v) is 3.18. The highest BCUT2D eigenvalue weighted by molar-refractivity contribution is 5.14. The Labute approximate surface area is 103 Å². The fourth-order valence-corrected chi connectivity index (χ4v) is 2.24. The van der Waals surface area contributed by atoms with Crippen molar-refractivity contribution >= 4 is 0 Å². The highest BCUT2D eigenvalue weighted by Crippen LogP contribution is 2.24. The number of nitrogens with zero attached hydrogens (tertiary/aromatic N) is 2. The molecule has 0 aromatic carbocycles. The number of pyridine rings is 1. The molecule has 17 heavy (non-hydrogen) atoms. The molecule has 0 saturated carbocycles. The molecule has 1 N–H and O–H groups in total. The number of hydrogen-bond acceptors (Lipinski definition) is 4. The minimum absolute atomic E-state index is 0.302. The van der Waals surface area contributed by atoms with Gasteiger partial charge in [-0.3, -0.25) is 4.98 Å². The molecular formula is C13H21N3O. The summed E-state index contributed by atoms with van der Waals surface area (Å²) in [5.41, 5.74) is 1.26. The molecule has 1 aromatic rings. The van der Waals surface area contributed by atoms with Gasteiger partial charge in [-0.15, -0.1) is 0 Å². The standard InChI is InChI=1S/C13H21N3O/c1-16(2)13(11-4-3-5-14-9-11)8-12-10-15-6-7-17-12/h3-5,9,12-13,15H,6-8,10H2,1-2H3. The SMILES string of the molecule is CN(C)C(CC1CNCCO1)c1cccnc1. The normalized spacial score (nSPS) is 22.6. The fourth-order valence-electron chi connectivity index (χ4n) is 2.24. The van der Waals surface area contributed by atoms with Crippen LogP contribution in [0.2, 0.25) is 0 Å². The van der Waals surface area contributed by atoms with E-state index in [9.17, 15) is 0 Å². The third kappa shape index (κ3) is 3.49. The Bertz CT molecular complexity index is 323. The summed E-state index contributed by atoms with van der Waals surface area (Å²) in [6.45, 7) is 2.73. The van der Waals surface area contributed by atoms with Gasteiger partial charge in [0.1, 0.15) is 0 Å². The summed E-state index contributed by atoms with van der Waals surface area (Å²) >= 11 is 0. The number of morpholine rings is 1. The van der Waals surface area contributed by atoms with Crippen molar-refractivity contribution in [2.45, 2.75) is 18.6 Å². The first-order valence-electron chi connectivity index (χ1n) is 6.16. The van der Waals surface area contributed by atoms with Crippen molar-refractivity contribution in [3.05, 3.63) is 30.1 Å². The molecular weight excluding hydrogens is 214 g/mol. The number of nitrogens with one attached hydrogen (secondary N) is 1. The Morgan fingerprint density at radius 1 is 1.59 bits per heavy atom. The molecule has 0 bridgehead atoms. The van der Waals surface area contributed by atoms with Crippen molar-refractivity contribution < 1.29 is 4.74 Å². The minimum atomic E-state index is 0.302. The van der Waals surface area contributed by atoms with Crippen molar-refractivity contribution in [2.75, 3.05) is 33.8 Å². The quantitative estimate of drug-likeness (QED) is 0.847. The summed E-state index contributed by atoms with van der Waals surface area (Å²) in [5.74, 6) is 0. The van der Waals surface area contributed by atoms with Crippen LogP contribution < -0.4 is 5.32 Å². The van der Waals surface area contributed by atoms with Gasteiger partial charge in [0.05, 0.1) is 12.7 Å². The van der Waals surface area contributed by atoms with Crippen LogP contribution in [0.15, 0.2) is 24.5 Å². The molecule has 1 aromatic heterocycles. The van der Waals surface area contributed by atoms with Crippen molar-refractivity contribution in [3.8, 4) is 0 Å². The van der Waals surface area contributed by atoms with E-state index in [1.807, 2.05) is 18.5 Å². The van der Waals surface area contributed by atoms with Gasteiger partial charge in [0, 0.05) is 31.5 Å². The molecule has 0 spiro atoms. The van der Waals surface area contributed by atoms with Crippen molar-refractivity contribution in [2.24, 2.45) is 0 Å². The van der Waals surface area contributed by atoms with Crippen LogP contribution in [0, 0.1) is 0 Å². The smallest absolute Gasteiger partial charge is 0.0718 e. The van der Waals surface area contributed by atoms with E-state index in [-0.39, 0.29) is 0 Å². The first-order chi connectivity index (χ1) is 8.27. The van der Waals surface area contributed by atoms with Gasteiger partial charge in [0.25, 0.3) is 0 Å². The second-order valence-corrected chi connectivity index (χ2v) is 4.70. The molecule has 2 unspecified atom stereocenters. The maximum atomic E-state index is 5.77. The molecule has 2 rings (SSSR count). The van der Waals surface area contributed by atoms with E-state index < -0.39 is 0 Å². The largest absolute Gasteiger partial charge is 0.376 e. The van der Waals surface area contributed by atoms with Gasteiger partial charge in [-0.1, -0.05) is 6.07 Å². The molecule has 4 nitrogen and oxygen atoms in total. The van der Waals surface area contributed by atoms with Gasteiger partial charge in [0.15, 0.2) is 0 Å². The average molecular weight is 235 g/mol. The van der Waals surface area contributed by atoms with E-state index in [0.29, 0.717) is 12.1 Å². The lowest BCUT2D eigenvalue weighted by atomic mass is 10.0. The average Bonchev–Trinajstić information content (AvgIpc) is 2.38. The molecule has 1 aliphatic rings. The molecule has 0 radical (unpaired) electrons. The van der Waals surface area contributed by atoms with E-state index in [0.717, 1.165) is 26.1 Å². The van der Waals surface area contributed by atoms with Crippen LogP contribution in [0.25, 0.3) is 0 Å². The third-order valence-electron chi connectivity index (χ3n) is 3.18.